The number of benzene rings is 1. The Morgan fingerprint density at radius 2 is 1.87 bits per heavy atom. The summed E-state index contributed by atoms with van der Waals surface area (Å²) < 4.78 is 4.71. The Morgan fingerprint density at radius 1 is 1.13 bits per heavy atom. The third kappa shape index (κ3) is 4.39. The molecule has 120 valence electrons. The van der Waals surface area contributed by atoms with E-state index in [9.17, 15) is 9.59 Å². The Hall–Kier alpha value is -2.69. The number of hydrogen-bond donors (Lipinski definition) is 0. The maximum absolute atomic E-state index is 12.7. The second-order valence-corrected chi connectivity index (χ2v) is 5.35. The molecule has 1 aromatic carbocycles. The van der Waals surface area contributed by atoms with Crippen LogP contribution in [-0.2, 0) is 16.1 Å². The molecule has 0 saturated carbocycles. The molecule has 0 aliphatic heterocycles. The monoisotopic (exact) mass is 312 g/mol. The molecule has 1 amide bonds. The van der Waals surface area contributed by atoms with Crippen molar-refractivity contribution in [2.45, 2.75) is 20.4 Å². The molecule has 0 saturated heterocycles. The number of methoxy groups -OCH3 is 1. The molecule has 1 heterocycles. The molecule has 0 atom stereocenters. The van der Waals surface area contributed by atoms with Crippen molar-refractivity contribution in [1.82, 2.24) is 9.88 Å². The molecular weight excluding hydrogens is 292 g/mol. The van der Waals surface area contributed by atoms with Crippen LogP contribution in [0.2, 0.25) is 0 Å². The van der Waals surface area contributed by atoms with Crippen LogP contribution in [0.4, 0.5) is 0 Å². The maximum Gasteiger partial charge on any atom is 0.325 e. The lowest BCUT2D eigenvalue weighted by atomic mass is 10.1. The van der Waals surface area contributed by atoms with E-state index < -0.39 is 5.97 Å². The number of ether oxygens (including phenoxy) is 1. The molecule has 0 bridgehead atoms. The topological polar surface area (TPSA) is 59.5 Å². The second kappa shape index (κ2) is 7.54. The van der Waals surface area contributed by atoms with Gasteiger partial charge in [0.05, 0.1) is 12.7 Å². The van der Waals surface area contributed by atoms with Crippen molar-refractivity contribution in [1.29, 1.82) is 0 Å². The van der Waals surface area contributed by atoms with Crippen molar-refractivity contribution in [2.75, 3.05) is 13.7 Å². The number of rotatable bonds is 5. The quantitative estimate of drug-likeness (QED) is 0.796. The smallest absolute Gasteiger partial charge is 0.325 e. The first kappa shape index (κ1) is 16.7. The van der Waals surface area contributed by atoms with E-state index in [1.165, 1.54) is 18.2 Å². The Kier molecular flexibility index (Phi) is 5.46. The van der Waals surface area contributed by atoms with Gasteiger partial charge in [0.15, 0.2) is 0 Å². The summed E-state index contributed by atoms with van der Waals surface area (Å²) in [5, 5.41) is 0. The summed E-state index contributed by atoms with van der Waals surface area (Å²) in [5.41, 5.74) is 3.34. The van der Waals surface area contributed by atoms with Gasteiger partial charge in [0.1, 0.15) is 6.54 Å². The molecule has 5 nitrogen and oxygen atoms in total. The van der Waals surface area contributed by atoms with Gasteiger partial charge in [-0.2, -0.15) is 0 Å². The van der Waals surface area contributed by atoms with Crippen LogP contribution >= 0.6 is 0 Å². The highest BCUT2D eigenvalue weighted by Gasteiger charge is 2.20. The van der Waals surface area contributed by atoms with Gasteiger partial charge in [0.25, 0.3) is 5.91 Å². The summed E-state index contributed by atoms with van der Waals surface area (Å²) in [6, 6.07) is 11.3. The van der Waals surface area contributed by atoms with Crippen LogP contribution in [0.5, 0.6) is 0 Å². The van der Waals surface area contributed by atoms with Gasteiger partial charge in [-0.25, -0.2) is 0 Å². The first-order valence-electron chi connectivity index (χ1n) is 7.34. The zero-order valence-corrected chi connectivity index (χ0v) is 13.6. The number of hydrogen-bond acceptors (Lipinski definition) is 4. The minimum absolute atomic E-state index is 0.0997. The lowest BCUT2D eigenvalue weighted by Gasteiger charge is -2.22. The fourth-order valence-electron chi connectivity index (χ4n) is 2.19. The molecule has 0 spiro atoms. The lowest BCUT2D eigenvalue weighted by molar-refractivity contribution is -0.141. The van der Waals surface area contributed by atoms with Crippen molar-refractivity contribution in [3.05, 3.63) is 65.0 Å². The van der Waals surface area contributed by atoms with E-state index in [4.69, 9.17) is 4.74 Å². The molecule has 5 heteroatoms. The molecule has 1 aromatic heterocycles. The average Bonchev–Trinajstić information content (AvgIpc) is 2.56. The van der Waals surface area contributed by atoms with Crippen LogP contribution in [0.3, 0.4) is 0 Å². The first-order chi connectivity index (χ1) is 11.0. The van der Waals surface area contributed by atoms with Crippen molar-refractivity contribution < 1.29 is 14.3 Å². The number of aryl methyl sites for hydroxylation is 2. The zero-order chi connectivity index (χ0) is 16.8. The van der Waals surface area contributed by atoms with Crippen molar-refractivity contribution in [2.24, 2.45) is 0 Å². The number of carbonyl (C=O) groups excluding carboxylic acids is 2. The van der Waals surface area contributed by atoms with Gasteiger partial charge in [-0.1, -0.05) is 24.3 Å². The minimum Gasteiger partial charge on any atom is -0.468 e. The Morgan fingerprint density at radius 3 is 2.48 bits per heavy atom. The summed E-state index contributed by atoms with van der Waals surface area (Å²) in [5.74, 6) is -0.696. The molecular formula is C18H20N2O3. The van der Waals surface area contributed by atoms with Gasteiger partial charge >= 0.3 is 5.97 Å². The Balaban J connectivity index is 2.26. The Bertz CT molecular complexity index is 696. The van der Waals surface area contributed by atoms with E-state index >= 15 is 0 Å². The summed E-state index contributed by atoms with van der Waals surface area (Å²) in [7, 11) is 1.31. The van der Waals surface area contributed by atoms with Gasteiger partial charge in [0, 0.05) is 18.4 Å². The fourth-order valence-corrected chi connectivity index (χ4v) is 2.19. The number of nitrogens with zero attached hydrogens (tertiary/aromatic N) is 2. The highest BCUT2D eigenvalue weighted by atomic mass is 16.5. The summed E-state index contributed by atoms with van der Waals surface area (Å²) in [4.78, 5) is 30.0. The van der Waals surface area contributed by atoms with E-state index in [-0.39, 0.29) is 12.5 Å². The maximum atomic E-state index is 12.7. The number of pyridine rings is 1. The van der Waals surface area contributed by atoms with Crippen LogP contribution in [0.15, 0.2) is 42.6 Å². The van der Waals surface area contributed by atoms with Crippen LogP contribution < -0.4 is 0 Å². The Labute approximate surface area is 135 Å². The van der Waals surface area contributed by atoms with Crippen molar-refractivity contribution in [3.8, 4) is 0 Å². The zero-order valence-electron chi connectivity index (χ0n) is 13.6. The van der Waals surface area contributed by atoms with E-state index in [0.717, 1.165) is 16.8 Å². The first-order valence-corrected chi connectivity index (χ1v) is 7.34. The van der Waals surface area contributed by atoms with Gasteiger partial charge in [-0.15, -0.1) is 0 Å². The van der Waals surface area contributed by atoms with Gasteiger partial charge in [0.2, 0.25) is 0 Å². The van der Waals surface area contributed by atoms with Gasteiger partial charge < -0.3 is 9.64 Å². The molecule has 0 radical (unpaired) electrons. The van der Waals surface area contributed by atoms with Crippen molar-refractivity contribution in [3.63, 3.8) is 0 Å². The van der Waals surface area contributed by atoms with E-state index in [1.54, 1.807) is 12.1 Å². The molecule has 0 unspecified atom stereocenters. The van der Waals surface area contributed by atoms with E-state index in [2.05, 4.69) is 4.98 Å². The summed E-state index contributed by atoms with van der Waals surface area (Å²) in [6.07, 6.45) is 1.53. The fraction of sp³-hybridized carbons (Fsp3) is 0.278. The number of esters is 1. The molecule has 23 heavy (non-hydrogen) atoms. The highest BCUT2D eigenvalue weighted by Crippen LogP contribution is 2.13. The predicted molar refractivity (Wildman–Crippen MR) is 86.9 cm³/mol. The summed E-state index contributed by atoms with van der Waals surface area (Å²) >= 11 is 0. The molecule has 0 fully saturated rings. The average molecular weight is 312 g/mol. The minimum atomic E-state index is -0.452. The predicted octanol–water partition coefficient (Wildman–Crippen LogP) is 2.51. The second-order valence-electron chi connectivity index (χ2n) is 5.35. The number of aromatic nitrogens is 1. The third-order valence-corrected chi connectivity index (χ3v) is 3.62. The van der Waals surface area contributed by atoms with Gasteiger partial charge in [-0.3, -0.25) is 14.6 Å². The van der Waals surface area contributed by atoms with E-state index in [0.29, 0.717) is 12.1 Å². The highest BCUT2D eigenvalue weighted by molar-refractivity contribution is 5.95. The van der Waals surface area contributed by atoms with Crippen LogP contribution in [0.1, 0.15) is 27.2 Å². The SMILES string of the molecule is COC(=O)CN(Cc1ccccc1C)C(=O)c1ccc(C)nc1. The third-order valence-electron chi connectivity index (χ3n) is 3.62. The molecule has 0 aliphatic carbocycles. The van der Waals surface area contributed by atoms with Gasteiger partial charge in [-0.05, 0) is 37.1 Å². The molecule has 0 N–H and O–H groups in total. The lowest BCUT2D eigenvalue weighted by Crippen LogP contribution is -2.36. The largest absolute Gasteiger partial charge is 0.468 e. The number of amides is 1. The van der Waals surface area contributed by atoms with Crippen molar-refractivity contribution >= 4 is 11.9 Å². The molecule has 2 aromatic rings. The molecule has 2 rings (SSSR count). The summed E-state index contributed by atoms with van der Waals surface area (Å²) in [6.45, 7) is 4.07. The normalized spacial score (nSPS) is 10.2. The standard InChI is InChI=1S/C18H20N2O3/c1-13-6-4-5-7-16(13)11-20(12-17(21)23-3)18(22)15-9-8-14(2)19-10-15/h4-10H,11-12H2,1-3H3. The molecule has 0 aliphatic rings. The van der Waals surface area contributed by atoms with E-state index in [1.807, 2.05) is 38.1 Å². The van der Waals surface area contributed by atoms with Crippen LogP contribution in [0.25, 0.3) is 0 Å². The number of carbonyl (C=O) groups is 2. The van der Waals surface area contributed by atoms with Crippen LogP contribution in [-0.4, -0.2) is 35.4 Å². The van der Waals surface area contributed by atoms with Crippen LogP contribution in [0, 0.1) is 13.8 Å².